The molecule has 0 bridgehead atoms. The Morgan fingerprint density at radius 3 is 0.867 bits per heavy atom. The van der Waals surface area contributed by atoms with Crippen molar-refractivity contribution in [1.29, 1.82) is 0 Å². The standard InChI is InChI=1S/2C4H3NO2.CH4/c2*6-3-1-2-4(7)5-3;/h2*1-2H,(H,5,6,7);1H4. The van der Waals surface area contributed by atoms with E-state index in [1.807, 2.05) is 10.6 Å². The second kappa shape index (κ2) is 5.48. The summed E-state index contributed by atoms with van der Waals surface area (Å²) in [6.07, 6.45) is 4.79. The summed E-state index contributed by atoms with van der Waals surface area (Å²) in [5.74, 6) is -1.31. The summed E-state index contributed by atoms with van der Waals surface area (Å²) < 4.78 is 0. The summed E-state index contributed by atoms with van der Waals surface area (Å²) in [5.41, 5.74) is 0. The monoisotopic (exact) mass is 210 g/mol. The summed E-state index contributed by atoms with van der Waals surface area (Å²) in [6, 6.07) is 0. The zero-order chi connectivity index (χ0) is 10.6. The first-order chi connectivity index (χ1) is 6.58. The van der Waals surface area contributed by atoms with Gasteiger partial charge in [0.2, 0.25) is 0 Å². The lowest BCUT2D eigenvalue weighted by Gasteiger charge is -1.80. The van der Waals surface area contributed by atoms with Gasteiger partial charge in [-0.1, -0.05) is 7.43 Å². The highest BCUT2D eigenvalue weighted by Crippen LogP contribution is 1.83. The zero-order valence-corrected chi connectivity index (χ0v) is 6.94. The third-order valence-electron chi connectivity index (χ3n) is 1.26. The van der Waals surface area contributed by atoms with Crippen molar-refractivity contribution >= 4 is 23.6 Å². The van der Waals surface area contributed by atoms with Crippen LogP contribution in [-0.4, -0.2) is 23.6 Å². The van der Waals surface area contributed by atoms with Gasteiger partial charge in [0.15, 0.2) is 0 Å². The fourth-order valence-electron chi connectivity index (χ4n) is 0.712. The van der Waals surface area contributed by atoms with Crippen molar-refractivity contribution in [2.75, 3.05) is 0 Å². The molecule has 2 rings (SSSR count). The van der Waals surface area contributed by atoms with E-state index >= 15 is 0 Å². The fourth-order valence-corrected chi connectivity index (χ4v) is 0.712. The minimum atomic E-state index is -0.329. The number of rotatable bonds is 0. The van der Waals surface area contributed by atoms with Crippen LogP contribution in [-0.2, 0) is 19.2 Å². The topological polar surface area (TPSA) is 92.3 Å². The molecule has 0 aliphatic carbocycles. The Kier molecular flexibility index (Phi) is 4.66. The van der Waals surface area contributed by atoms with E-state index in [0.29, 0.717) is 0 Å². The Balaban J connectivity index is 0.000000245. The molecule has 0 unspecified atom stereocenters. The molecule has 4 amide bonds. The van der Waals surface area contributed by atoms with Crippen molar-refractivity contribution < 1.29 is 19.2 Å². The smallest absolute Gasteiger partial charge is 0.250 e. The van der Waals surface area contributed by atoms with Gasteiger partial charge in [0.25, 0.3) is 23.6 Å². The van der Waals surface area contributed by atoms with Crippen LogP contribution in [0.15, 0.2) is 24.3 Å². The SMILES string of the molecule is C.O=C1C=CC(=O)N1.O=C1C=CC(=O)N1. The molecule has 0 spiro atoms. The van der Waals surface area contributed by atoms with Crippen molar-refractivity contribution in [3.8, 4) is 0 Å². The summed E-state index contributed by atoms with van der Waals surface area (Å²) in [4.78, 5) is 40.1. The van der Waals surface area contributed by atoms with E-state index < -0.39 is 0 Å². The van der Waals surface area contributed by atoms with Gasteiger partial charge >= 0.3 is 0 Å². The summed E-state index contributed by atoms with van der Waals surface area (Å²) in [7, 11) is 0. The first kappa shape index (κ1) is 12.8. The van der Waals surface area contributed by atoms with Crippen molar-refractivity contribution in [1.82, 2.24) is 10.6 Å². The zero-order valence-electron chi connectivity index (χ0n) is 6.94. The maximum atomic E-state index is 10.0. The summed E-state index contributed by atoms with van der Waals surface area (Å²) in [6.45, 7) is 0. The first-order valence-corrected chi connectivity index (χ1v) is 3.64. The number of hydrogen-bond acceptors (Lipinski definition) is 4. The Labute approximate surface area is 86.0 Å². The molecule has 0 aromatic carbocycles. The van der Waals surface area contributed by atoms with Crippen molar-refractivity contribution in [3.63, 3.8) is 0 Å². The number of carbonyl (C=O) groups is 4. The van der Waals surface area contributed by atoms with Gasteiger partial charge in [-0.2, -0.15) is 0 Å². The van der Waals surface area contributed by atoms with Crippen LogP contribution in [0.3, 0.4) is 0 Å². The van der Waals surface area contributed by atoms with E-state index in [0.717, 1.165) is 0 Å². The van der Waals surface area contributed by atoms with Gasteiger partial charge in [0.1, 0.15) is 0 Å². The Hall–Kier alpha value is -2.24. The second-order valence-corrected chi connectivity index (χ2v) is 2.37. The molecule has 6 heteroatoms. The van der Waals surface area contributed by atoms with Gasteiger partial charge in [-0.15, -0.1) is 0 Å². The van der Waals surface area contributed by atoms with Crippen molar-refractivity contribution in [3.05, 3.63) is 24.3 Å². The van der Waals surface area contributed by atoms with E-state index in [9.17, 15) is 19.2 Å². The number of amides is 4. The quantitative estimate of drug-likeness (QED) is 0.503. The number of hydrogen-bond donors (Lipinski definition) is 2. The van der Waals surface area contributed by atoms with Crippen LogP contribution in [0.25, 0.3) is 0 Å². The highest BCUT2D eigenvalue weighted by atomic mass is 16.2. The molecule has 80 valence electrons. The minimum Gasteiger partial charge on any atom is -0.289 e. The minimum absolute atomic E-state index is 0. The number of carbonyl (C=O) groups excluding carboxylic acids is 4. The van der Waals surface area contributed by atoms with Gasteiger partial charge in [-0.3, -0.25) is 29.8 Å². The van der Waals surface area contributed by atoms with Crippen LogP contribution in [0.1, 0.15) is 7.43 Å². The van der Waals surface area contributed by atoms with Gasteiger partial charge in [-0.05, 0) is 0 Å². The molecule has 15 heavy (non-hydrogen) atoms. The fraction of sp³-hybridized carbons (Fsp3) is 0.111. The summed E-state index contributed by atoms with van der Waals surface area (Å²) >= 11 is 0. The molecule has 2 aliphatic heterocycles. The number of nitrogens with one attached hydrogen (secondary N) is 2. The Morgan fingerprint density at radius 1 is 0.600 bits per heavy atom. The highest BCUT2D eigenvalue weighted by molar-refractivity contribution is 6.13. The normalized spacial score (nSPS) is 16.5. The van der Waals surface area contributed by atoms with Crippen molar-refractivity contribution in [2.45, 2.75) is 7.43 Å². The average molecular weight is 210 g/mol. The molecule has 6 nitrogen and oxygen atoms in total. The van der Waals surface area contributed by atoms with E-state index in [-0.39, 0.29) is 31.1 Å². The highest BCUT2D eigenvalue weighted by Gasteiger charge is 2.07. The van der Waals surface area contributed by atoms with E-state index in [1.165, 1.54) is 24.3 Å². The second-order valence-electron chi connectivity index (χ2n) is 2.37. The van der Waals surface area contributed by atoms with Gasteiger partial charge in [0.05, 0.1) is 0 Å². The molecule has 0 fully saturated rings. The molecule has 2 aliphatic rings. The van der Waals surface area contributed by atoms with Gasteiger partial charge < -0.3 is 0 Å². The van der Waals surface area contributed by atoms with Crippen LogP contribution in [0.5, 0.6) is 0 Å². The van der Waals surface area contributed by atoms with Crippen molar-refractivity contribution in [2.24, 2.45) is 0 Å². The summed E-state index contributed by atoms with van der Waals surface area (Å²) in [5, 5.41) is 4.06. The lowest BCUT2D eigenvalue weighted by molar-refractivity contribution is -0.125. The van der Waals surface area contributed by atoms with Gasteiger partial charge in [-0.25, -0.2) is 0 Å². The van der Waals surface area contributed by atoms with Crippen LogP contribution < -0.4 is 10.6 Å². The Bertz CT molecular complexity index is 300. The van der Waals surface area contributed by atoms with Crippen LogP contribution in [0.2, 0.25) is 0 Å². The molecule has 0 aromatic heterocycles. The average Bonchev–Trinajstić information content (AvgIpc) is 2.63. The molecular formula is C9H10N2O4. The maximum Gasteiger partial charge on any atom is 0.250 e. The van der Waals surface area contributed by atoms with Crippen LogP contribution >= 0.6 is 0 Å². The number of imide groups is 2. The molecular weight excluding hydrogens is 200 g/mol. The predicted octanol–water partition coefficient (Wildman–Crippen LogP) is -0.966. The Morgan fingerprint density at radius 2 is 0.800 bits per heavy atom. The van der Waals surface area contributed by atoms with Crippen LogP contribution in [0, 0.1) is 0 Å². The third-order valence-corrected chi connectivity index (χ3v) is 1.26. The first-order valence-electron chi connectivity index (χ1n) is 3.64. The van der Waals surface area contributed by atoms with E-state index in [2.05, 4.69) is 0 Å². The molecule has 0 saturated heterocycles. The van der Waals surface area contributed by atoms with Crippen LogP contribution in [0.4, 0.5) is 0 Å². The maximum absolute atomic E-state index is 10.0. The predicted molar refractivity (Wildman–Crippen MR) is 51.3 cm³/mol. The molecule has 2 heterocycles. The third kappa shape index (κ3) is 4.51. The van der Waals surface area contributed by atoms with Gasteiger partial charge in [0, 0.05) is 24.3 Å². The lowest BCUT2D eigenvalue weighted by Crippen LogP contribution is -2.19. The largest absolute Gasteiger partial charge is 0.289 e. The van der Waals surface area contributed by atoms with E-state index in [4.69, 9.17) is 0 Å². The molecule has 2 N–H and O–H groups in total. The molecule has 0 radical (unpaired) electrons. The molecule has 0 aromatic rings. The lowest BCUT2D eigenvalue weighted by atomic mass is 10.6. The van der Waals surface area contributed by atoms with E-state index in [1.54, 1.807) is 0 Å². The molecule has 0 atom stereocenters. The molecule has 0 saturated carbocycles.